The second kappa shape index (κ2) is 8.05. The number of carbonyl (C=O) groups is 2. The highest BCUT2D eigenvalue weighted by atomic mass is 16.5. The first-order valence-corrected chi connectivity index (χ1v) is 10.4. The van der Waals surface area contributed by atoms with Crippen molar-refractivity contribution in [3.05, 3.63) is 65.0 Å². The topological polar surface area (TPSA) is 95.1 Å². The number of carboxylic acid groups (broad SMARTS) is 1. The molecule has 0 atom stereocenters. The molecule has 1 saturated heterocycles. The van der Waals surface area contributed by atoms with Gasteiger partial charge < -0.3 is 24.5 Å². The number of carbonyl (C=O) groups excluding carboxylic acids is 1. The number of hydrogen-bond donors (Lipinski definition) is 2. The molecule has 0 unspecified atom stereocenters. The number of piperazine rings is 1. The Kier molecular flexibility index (Phi) is 5.07. The van der Waals surface area contributed by atoms with E-state index in [1.165, 1.54) is 4.90 Å². The Balaban J connectivity index is 1.44. The lowest BCUT2D eigenvalue weighted by Gasteiger charge is -2.33. The molecule has 1 amide bonds. The smallest absolute Gasteiger partial charge is 0.407 e. The third kappa shape index (κ3) is 3.58. The summed E-state index contributed by atoms with van der Waals surface area (Å²) in [6.45, 7) is 2.68. The van der Waals surface area contributed by atoms with Crippen LogP contribution in [0.25, 0.3) is 17.0 Å². The maximum atomic E-state index is 13.1. The summed E-state index contributed by atoms with van der Waals surface area (Å²) in [4.78, 5) is 31.1. The molecule has 1 fully saturated rings. The van der Waals surface area contributed by atoms with Crippen LogP contribution in [0.1, 0.15) is 21.5 Å². The number of rotatable bonds is 4. The van der Waals surface area contributed by atoms with Crippen LogP contribution in [0.3, 0.4) is 0 Å². The van der Waals surface area contributed by atoms with Crippen LogP contribution >= 0.6 is 0 Å². The lowest BCUT2D eigenvalue weighted by atomic mass is 10.0. The number of para-hydroxylation sites is 1. The van der Waals surface area contributed by atoms with E-state index in [1.54, 1.807) is 19.3 Å². The molecule has 164 valence electrons. The number of aromatic amines is 1. The van der Waals surface area contributed by atoms with Crippen molar-refractivity contribution >= 4 is 28.9 Å². The maximum absolute atomic E-state index is 13.1. The minimum Gasteiger partial charge on any atom is -0.497 e. The normalized spacial score (nSPS) is 17.6. The van der Waals surface area contributed by atoms with E-state index in [4.69, 9.17) is 14.6 Å². The van der Waals surface area contributed by atoms with Gasteiger partial charge in [0, 0.05) is 61.0 Å². The molecule has 3 aromatic rings. The van der Waals surface area contributed by atoms with Crippen LogP contribution in [0.15, 0.2) is 48.4 Å². The third-order valence-corrected chi connectivity index (χ3v) is 6.00. The van der Waals surface area contributed by atoms with Gasteiger partial charge >= 0.3 is 6.09 Å². The Labute approximate surface area is 184 Å². The first-order valence-electron chi connectivity index (χ1n) is 10.4. The summed E-state index contributed by atoms with van der Waals surface area (Å²) in [6, 6.07) is 11.5. The van der Waals surface area contributed by atoms with Crippen molar-refractivity contribution < 1.29 is 24.2 Å². The number of allylic oxidation sites excluding steroid dienone is 1. The van der Waals surface area contributed by atoms with Crippen LogP contribution in [0, 0.1) is 0 Å². The first-order chi connectivity index (χ1) is 15.5. The molecule has 0 aliphatic carbocycles. The summed E-state index contributed by atoms with van der Waals surface area (Å²) in [5.74, 6) is 1.23. The van der Waals surface area contributed by atoms with E-state index in [9.17, 15) is 9.59 Å². The molecule has 2 aliphatic rings. The minimum atomic E-state index is -0.895. The molecule has 8 nitrogen and oxygen atoms in total. The van der Waals surface area contributed by atoms with Crippen molar-refractivity contribution in [3.63, 3.8) is 0 Å². The van der Waals surface area contributed by atoms with Crippen LogP contribution in [-0.4, -0.2) is 65.1 Å². The molecule has 0 saturated carbocycles. The van der Waals surface area contributed by atoms with E-state index in [0.717, 1.165) is 22.0 Å². The molecule has 5 rings (SSSR count). The Morgan fingerprint density at radius 3 is 2.75 bits per heavy atom. The lowest BCUT2D eigenvalue weighted by Crippen LogP contribution is -2.47. The average molecular weight is 433 g/mol. The fourth-order valence-electron chi connectivity index (χ4n) is 4.26. The molecule has 1 aromatic heterocycles. The summed E-state index contributed by atoms with van der Waals surface area (Å²) in [6.07, 6.45) is 2.73. The van der Waals surface area contributed by atoms with Crippen LogP contribution in [0.2, 0.25) is 0 Å². The van der Waals surface area contributed by atoms with Crippen LogP contribution in [-0.2, 0) is 6.54 Å². The second-order valence-corrected chi connectivity index (χ2v) is 7.94. The van der Waals surface area contributed by atoms with Crippen molar-refractivity contribution in [2.75, 3.05) is 33.3 Å². The Morgan fingerprint density at radius 2 is 2.00 bits per heavy atom. The van der Waals surface area contributed by atoms with E-state index >= 15 is 0 Å². The van der Waals surface area contributed by atoms with Gasteiger partial charge in [-0.25, -0.2) is 4.79 Å². The molecule has 2 N–H and O–H groups in total. The number of aromatic nitrogens is 1. The standard InChI is InChI=1S/C24H23N3O5/c1-31-17-10-16(14-26-6-8-27(9-7-26)24(29)30)23-19(12-17)22(28)21(32-23)11-15-13-25-20-5-3-2-4-18(15)20/h2-5,10-13,25H,6-9,14H2,1H3,(H,29,30)/b21-11-. The van der Waals surface area contributed by atoms with Crippen molar-refractivity contribution in [2.45, 2.75) is 6.54 Å². The highest BCUT2D eigenvalue weighted by molar-refractivity contribution is 6.15. The molecule has 8 heteroatoms. The Hall–Kier alpha value is -3.78. The summed E-state index contributed by atoms with van der Waals surface area (Å²) < 4.78 is 11.5. The van der Waals surface area contributed by atoms with Gasteiger partial charge in [-0.15, -0.1) is 0 Å². The molecule has 0 spiro atoms. The highest BCUT2D eigenvalue weighted by Gasteiger charge is 2.32. The van der Waals surface area contributed by atoms with Gasteiger partial charge in [-0.3, -0.25) is 9.69 Å². The first kappa shape index (κ1) is 20.1. The number of amides is 1. The number of ether oxygens (including phenoxy) is 2. The van der Waals surface area contributed by atoms with Gasteiger partial charge in [-0.05, 0) is 24.3 Å². The quantitative estimate of drug-likeness (QED) is 0.611. The molecule has 32 heavy (non-hydrogen) atoms. The zero-order valence-electron chi connectivity index (χ0n) is 17.6. The predicted molar refractivity (Wildman–Crippen MR) is 119 cm³/mol. The molecule has 0 radical (unpaired) electrons. The highest BCUT2D eigenvalue weighted by Crippen LogP contribution is 2.39. The zero-order valence-corrected chi connectivity index (χ0v) is 17.6. The van der Waals surface area contributed by atoms with E-state index in [-0.39, 0.29) is 11.5 Å². The number of Topliss-reactive ketones (excluding diaryl/α,β-unsaturated/α-hetero) is 1. The Bertz CT molecular complexity index is 1240. The summed E-state index contributed by atoms with van der Waals surface area (Å²) in [5.41, 5.74) is 3.20. The van der Waals surface area contributed by atoms with E-state index in [1.807, 2.05) is 36.5 Å². The summed E-state index contributed by atoms with van der Waals surface area (Å²) in [5, 5.41) is 10.2. The van der Waals surface area contributed by atoms with Crippen molar-refractivity contribution in [2.24, 2.45) is 0 Å². The largest absolute Gasteiger partial charge is 0.497 e. The van der Waals surface area contributed by atoms with Gasteiger partial charge in [0.2, 0.25) is 5.78 Å². The molecule has 0 bridgehead atoms. The zero-order chi connectivity index (χ0) is 22.2. The van der Waals surface area contributed by atoms with E-state index in [0.29, 0.717) is 49.8 Å². The molecule has 3 heterocycles. The third-order valence-electron chi connectivity index (χ3n) is 6.00. The molecular formula is C24H23N3O5. The maximum Gasteiger partial charge on any atom is 0.407 e. The minimum absolute atomic E-state index is 0.180. The number of hydrogen-bond acceptors (Lipinski definition) is 5. The number of methoxy groups -OCH3 is 1. The number of nitrogens with zero attached hydrogens (tertiary/aromatic N) is 2. The van der Waals surface area contributed by atoms with Crippen LogP contribution in [0.5, 0.6) is 11.5 Å². The second-order valence-electron chi connectivity index (χ2n) is 7.94. The fourth-order valence-corrected chi connectivity index (χ4v) is 4.26. The molecule has 2 aromatic carbocycles. The van der Waals surface area contributed by atoms with Gasteiger partial charge in [-0.2, -0.15) is 0 Å². The van der Waals surface area contributed by atoms with Gasteiger partial charge in [-0.1, -0.05) is 18.2 Å². The summed E-state index contributed by atoms with van der Waals surface area (Å²) >= 11 is 0. The molecule has 2 aliphatic heterocycles. The van der Waals surface area contributed by atoms with Gasteiger partial charge in [0.25, 0.3) is 0 Å². The van der Waals surface area contributed by atoms with Crippen LogP contribution in [0.4, 0.5) is 4.79 Å². The number of H-pyrrole nitrogens is 1. The predicted octanol–water partition coefficient (Wildman–Crippen LogP) is 3.59. The van der Waals surface area contributed by atoms with Crippen molar-refractivity contribution in [3.8, 4) is 11.5 Å². The fraction of sp³-hybridized carbons (Fsp3) is 0.250. The number of benzene rings is 2. The van der Waals surface area contributed by atoms with Crippen LogP contribution < -0.4 is 9.47 Å². The average Bonchev–Trinajstić information content (AvgIpc) is 3.36. The van der Waals surface area contributed by atoms with Gasteiger partial charge in [0.05, 0.1) is 12.7 Å². The van der Waals surface area contributed by atoms with E-state index < -0.39 is 6.09 Å². The number of ketones is 1. The van der Waals surface area contributed by atoms with Gasteiger partial charge in [0.15, 0.2) is 5.76 Å². The van der Waals surface area contributed by atoms with Gasteiger partial charge in [0.1, 0.15) is 11.5 Å². The van der Waals surface area contributed by atoms with E-state index in [2.05, 4.69) is 9.88 Å². The van der Waals surface area contributed by atoms with Crippen molar-refractivity contribution in [1.82, 2.24) is 14.8 Å². The SMILES string of the molecule is COc1cc(CN2CCN(C(=O)O)CC2)c2c(c1)C(=O)/C(=C/c1c[nH]c3ccccc13)O2. The van der Waals surface area contributed by atoms with Crippen molar-refractivity contribution in [1.29, 1.82) is 0 Å². The monoisotopic (exact) mass is 433 g/mol. The summed E-state index contributed by atoms with van der Waals surface area (Å²) in [7, 11) is 1.57. The number of nitrogens with one attached hydrogen (secondary N) is 1. The number of fused-ring (bicyclic) bond motifs is 2. The Morgan fingerprint density at radius 1 is 1.22 bits per heavy atom. The molecular weight excluding hydrogens is 410 g/mol. The lowest BCUT2D eigenvalue weighted by molar-refractivity contribution is 0.101.